The highest BCUT2D eigenvalue weighted by Crippen LogP contribution is 2.31. The van der Waals surface area contributed by atoms with Gasteiger partial charge in [-0.3, -0.25) is 0 Å². The highest BCUT2D eigenvalue weighted by molar-refractivity contribution is 5.35. The molecular weight excluding hydrogens is 191 g/mol. The molecule has 0 aliphatic carbocycles. The van der Waals surface area contributed by atoms with Crippen molar-refractivity contribution >= 4 is 0 Å². The van der Waals surface area contributed by atoms with Gasteiger partial charge in [-0.25, -0.2) is 4.39 Å². The molecule has 0 aromatic heterocycles. The number of hydrogen-bond donors (Lipinski definition) is 1. The molecule has 0 aliphatic heterocycles. The predicted molar refractivity (Wildman–Crippen MR) is 60.4 cm³/mol. The first kappa shape index (κ1) is 12.2. The number of aryl methyl sites for hydroxylation is 2. The Bertz CT molecular complexity index is 333. The second kappa shape index (κ2) is 4.31. The Morgan fingerprint density at radius 3 is 2.40 bits per heavy atom. The monoisotopic (exact) mass is 210 g/mol. The summed E-state index contributed by atoms with van der Waals surface area (Å²) < 4.78 is 13.8. The van der Waals surface area contributed by atoms with Crippen molar-refractivity contribution in [3.63, 3.8) is 0 Å². The molecule has 0 fully saturated rings. The fourth-order valence-corrected chi connectivity index (χ4v) is 2.21. The summed E-state index contributed by atoms with van der Waals surface area (Å²) in [7, 11) is 0. The highest BCUT2D eigenvalue weighted by Gasteiger charge is 2.27. The topological polar surface area (TPSA) is 20.2 Å². The van der Waals surface area contributed by atoms with Gasteiger partial charge in [0.15, 0.2) is 0 Å². The molecule has 1 N–H and O–H groups in total. The molecule has 0 radical (unpaired) electrons. The van der Waals surface area contributed by atoms with Gasteiger partial charge in [-0.05, 0) is 44.4 Å². The van der Waals surface area contributed by atoms with Gasteiger partial charge in [0, 0.05) is 5.56 Å². The van der Waals surface area contributed by atoms with Crippen molar-refractivity contribution in [3.8, 4) is 0 Å². The summed E-state index contributed by atoms with van der Waals surface area (Å²) in [4.78, 5) is 0. The molecule has 0 heterocycles. The predicted octanol–water partition coefficient (Wildman–Crippen LogP) is 3.45. The number of benzene rings is 1. The van der Waals surface area contributed by atoms with E-state index < -0.39 is 5.60 Å². The van der Waals surface area contributed by atoms with Crippen LogP contribution in [-0.4, -0.2) is 5.11 Å². The van der Waals surface area contributed by atoms with Crippen LogP contribution in [0.1, 0.15) is 43.4 Å². The highest BCUT2D eigenvalue weighted by atomic mass is 19.1. The van der Waals surface area contributed by atoms with Gasteiger partial charge in [0.1, 0.15) is 5.82 Å². The Morgan fingerprint density at radius 1 is 1.33 bits per heavy atom. The third-order valence-corrected chi connectivity index (χ3v) is 2.71. The van der Waals surface area contributed by atoms with E-state index in [1.54, 1.807) is 6.92 Å². The fourth-order valence-electron chi connectivity index (χ4n) is 2.21. The van der Waals surface area contributed by atoms with E-state index in [9.17, 15) is 9.50 Å². The average molecular weight is 210 g/mol. The van der Waals surface area contributed by atoms with Crippen molar-refractivity contribution in [2.75, 3.05) is 0 Å². The van der Waals surface area contributed by atoms with Crippen LogP contribution in [-0.2, 0) is 5.60 Å². The second-order valence-electron chi connectivity index (χ2n) is 4.46. The van der Waals surface area contributed by atoms with Crippen molar-refractivity contribution in [1.82, 2.24) is 0 Å². The Labute approximate surface area is 90.9 Å². The van der Waals surface area contributed by atoms with Crippen LogP contribution in [0.25, 0.3) is 0 Å². The second-order valence-corrected chi connectivity index (χ2v) is 4.46. The number of rotatable bonds is 3. The van der Waals surface area contributed by atoms with E-state index >= 15 is 0 Å². The fraction of sp³-hybridized carbons (Fsp3) is 0.538. The molecule has 1 unspecified atom stereocenters. The standard InChI is InChI=1S/C13H19FO/c1-5-6-13(4,15)12-10(3)7-9(2)8-11(12)14/h7-8,15H,5-6H2,1-4H3. The molecule has 0 spiro atoms. The molecule has 0 amide bonds. The SMILES string of the molecule is CCCC(C)(O)c1c(C)cc(C)cc1F. The van der Waals surface area contributed by atoms with Gasteiger partial charge in [0.2, 0.25) is 0 Å². The number of halogens is 1. The average Bonchev–Trinajstić information content (AvgIpc) is 1.99. The van der Waals surface area contributed by atoms with Gasteiger partial charge in [-0.15, -0.1) is 0 Å². The van der Waals surface area contributed by atoms with Crippen LogP contribution in [0, 0.1) is 19.7 Å². The van der Waals surface area contributed by atoms with E-state index in [-0.39, 0.29) is 5.82 Å². The molecule has 2 heteroatoms. The number of hydrogen-bond acceptors (Lipinski definition) is 1. The lowest BCUT2D eigenvalue weighted by atomic mass is 9.87. The maximum atomic E-state index is 13.8. The van der Waals surface area contributed by atoms with Crippen molar-refractivity contribution in [1.29, 1.82) is 0 Å². The van der Waals surface area contributed by atoms with E-state index in [0.29, 0.717) is 12.0 Å². The van der Waals surface area contributed by atoms with Crippen LogP contribution in [0.15, 0.2) is 12.1 Å². The van der Waals surface area contributed by atoms with Crippen molar-refractivity contribution < 1.29 is 9.50 Å². The van der Waals surface area contributed by atoms with E-state index in [2.05, 4.69) is 0 Å². The van der Waals surface area contributed by atoms with E-state index in [1.807, 2.05) is 26.8 Å². The van der Waals surface area contributed by atoms with Crippen LogP contribution in [0.4, 0.5) is 4.39 Å². The lowest BCUT2D eigenvalue weighted by Gasteiger charge is -2.26. The van der Waals surface area contributed by atoms with Crippen LogP contribution >= 0.6 is 0 Å². The molecule has 1 aromatic carbocycles. The minimum absolute atomic E-state index is 0.300. The van der Waals surface area contributed by atoms with Gasteiger partial charge >= 0.3 is 0 Å². The third-order valence-electron chi connectivity index (χ3n) is 2.71. The maximum Gasteiger partial charge on any atom is 0.129 e. The van der Waals surface area contributed by atoms with Gasteiger partial charge in [-0.1, -0.05) is 19.4 Å². The molecule has 0 saturated heterocycles. The van der Waals surface area contributed by atoms with Crippen LogP contribution < -0.4 is 0 Å². The van der Waals surface area contributed by atoms with Crippen LogP contribution in [0.5, 0.6) is 0 Å². The summed E-state index contributed by atoms with van der Waals surface area (Å²) >= 11 is 0. The van der Waals surface area contributed by atoms with E-state index in [4.69, 9.17) is 0 Å². The first-order valence-corrected chi connectivity index (χ1v) is 5.38. The molecular formula is C13H19FO. The Hall–Kier alpha value is -0.890. The summed E-state index contributed by atoms with van der Waals surface area (Å²) in [5.74, 6) is -0.300. The minimum Gasteiger partial charge on any atom is -0.385 e. The van der Waals surface area contributed by atoms with Crippen molar-refractivity contribution in [2.24, 2.45) is 0 Å². The lowest BCUT2D eigenvalue weighted by Crippen LogP contribution is -2.23. The van der Waals surface area contributed by atoms with E-state index in [0.717, 1.165) is 17.5 Å². The Kier molecular flexibility index (Phi) is 3.50. The van der Waals surface area contributed by atoms with Gasteiger partial charge in [-0.2, -0.15) is 0 Å². The first-order valence-electron chi connectivity index (χ1n) is 5.38. The van der Waals surface area contributed by atoms with Gasteiger partial charge in [0.05, 0.1) is 5.60 Å². The smallest absolute Gasteiger partial charge is 0.129 e. The number of aliphatic hydroxyl groups is 1. The zero-order valence-electron chi connectivity index (χ0n) is 9.89. The van der Waals surface area contributed by atoms with Crippen LogP contribution in [0.2, 0.25) is 0 Å². The molecule has 1 atom stereocenters. The summed E-state index contributed by atoms with van der Waals surface area (Å²) in [6.07, 6.45) is 1.41. The summed E-state index contributed by atoms with van der Waals surface area (Å²) in [6, 6.07) is 3.38. The normalized spacial score (nSPS) is 15.1. The molecule has 1 nitrogen and oxygen atoms in total. The minimum atomic E-state index is -1.06. The molecule has 0 bridgehead atoms. The van der Waals surface area contributed by atoms with Crippen LogP contribution in [0.3, 0.4) is 0 Å². The quantitative estimate of drug-likeness (QED) is 0.810. The molecule has 1 aromatic rings. The van der Waals surface area contributed by atoms with Crippen molar-refractivity contribution in [3.05, 3.63) is 34.6 Å². The summed E-state index contributed by atoms with van der Waals surface area (Å²) in [5.41, 5.74) is 1.10. The molecule has 0 aliphatic rings. The molecule has 0 saturated carbocycles. The maximum absolute atomic E-state index is 13.8. The Morgan fingerprint density at radius 2 is 1.93 bits per heavy atom. The zero-order chi connectivity index (χ0) is 11.6. The van der Waals surface area contributed by atoms with E-state index in [1.165, 1.54) is 6.07 Å². The molecule has 15 heavy (non-hydrogen) atoms. The van der Waals surface area contributed by atoms with Gasteiger partial charge in [0.25, 0.3) is 0 Å². The zero-order valence-corrected chi connectivity index (χ0v) is 9.89. The Balaban J connectivity index is 3.24. The lowest BCUT2D eigenvalue weighted by molar-refractivity contribution is 0.0426. The van der Waals surface area contributed by atoms with Crippen molar-refractivity contribution in [2.45, 2.75) is 46.1 Å². The first-order chi connectivity index (χ1) is 6.88. The third kappa shape index (κ3) is 2.57. The van der Waals surface area contributed by atoms with Gasteiger partial charge < -0.3 is 5.11 Å². The largest absolute Gasteiger partial charge is 0.385 e. The summed E-state index contributed by atoms with van der Waals surface area (Å²) in [6.45, 7) is 7.36. The molecule has 1 rings (SSSR count). The molecule has 84 valence electrons. The summed E-state index contributed by atoms with van der Waals surface area (Å²) in [5, 5.41) is 10.2.